The van der Waals surface area contributed by atoms with Gasteiger partial charge in [-0.2, -0.15) is 0 Å². The number of fused-ring (bicyclic) bond motifs is 2. The largest absolute Gasteiger partial charge is 0.494 e. The number of benzene rings is 1. The van der Waals surface area contributed by atoms with Gasteiger partial charge in [0.05, 0.1) is 6.61 Å². The summed E-state index contributed by atoms with van der Waals surface area (Å²) in [5.74, 6) is 1.92. The maximum atomic E-state index is 5.74. The first-order valence-electron chi connectivity index (χ1n) is 8.43. The molecule has 2 heteroatoms. The van der Waals surface area contributed by atoms with Crippen LogP contribution in [0.2, 0.25) is 0 Å². The summed E-state index contributed by atoms with van der Waals surface area (Å²) in [6.07, 6.45) is 4.12. The summed E-state index contributed by atoms with van der Waals surface area (Å²) in [6, 6.07) is 9.05. The van der Waals surface area contributed by atoms with Crippen LogP contribution < -0.4 is 10.1 Å². The van der Waals surface area contributed by atoms with Crippen LogP contribution in [-0.2, 0) is 6.54 Å². The molecule has 2 fully saturated rings. The van der Waals surface area contributed by atoms with Gasteiger partial charge in [0.25, 0.3) is 0 Å². The lowest BCUT2D eigenvalue weighted by Crippen LogP contribution is -2.44. The van der Waals surface area contributed by atoms with Gasteiger partial charge in [-0.05, 0) is 49.0 Å². The molecular formula is C19H29NO. The number of nitrogens with one attached hydrogen (secondary N) is 1. The van der Waals surface area contributed by atoms with E-state index in [1.165, 1.54) is 24.8 Å². The van der Waals surface area contributed by atoms with Crippen LogP contribution in [0.25, 0.3) is 0 Å². The van der Waals surface area contributed by atoms with E-state index in [0.717, 1.165) is 24.8 Å². The third-order valence-corrected chi connectivity index (χ3v) is 6.61. The molecule has 0 saturated heterocycles. The zero-order chi connectivity index (χ0) is 15.1. The maximum Gasteiger partial charge on any atom is 0.123 e. The molecule has 0 spiro atoms. The second kappa shape index (κ2) is 5.31. The fourth-order valence-electron chi connectivity index (χ4n) is 4.69. The van der Waals surface area contributed by atoms with E-state index in [-0.39, 0.29) is 0 Å². The molecule has 2 saturated carbocycles. The molecule has 2 nitrogen and oxygen atoms in total. The minimum atomic E-state index is 0.443. The van der Waals surface area contributed by atoms with E-state index in [4.69, 9.17) is 4.74 Å². The van der Waals surface area contributed by atoms with E-state index in [0.29, 0.717) is 16.9 Å². The minimum absolute atomic E-state index is 0.443. The molecular weight excluding hydrogens is 258 g/mol. The fourth-order valence-corrected chi connectivity index (χ4v) is 4.69. The maximum absolute atomic E-state index is 5.74. The fraction of sp³-hybridized carbons (Fsp3) is 0.684. The number of rotatable bonds is 5. The molecule has 2 bridgehead atoms. The lowest BCUT2D eigenvalue weighted by atomic mass is 9.69. The van der Waals surface area contributed by atoms with Gasteiger partial charge < -0.3 is 10.1 Å². The Labute approximate surface area is 129 Å². The normalized spacial score (nSPS) is 33.3. The van der Waals surface area contributed by atoms with Gasteiger partial charge in [-0.1, -0.05) is 39.0 Å². The summed E-state index contributed by atoms with van der Waals surface area (Å²) in [5, 5.41) is 3.84. The van der Waals surface area contributed by atoms with Gasteiger partial charge in [0.2, 0.25) is 0 Å². The van der Waals surface area contributed by atoms with Crippen LogP contribution >= 0.6 is 0 Å². The molecule has 1 aromatic carbocycles. The van der Waals surface area contributed by atoms with Crippen molar-refractivity contribution in [3.8, 4) is 5.75 Å². The Morgan fingerprint density at radius 3 is 2.62 bits per heavy atom. The van der Waals surface area contributed by atoms with E-state index in [1.54, 1.807) is 0 Å². The lowest BCUT2D eigenvalue weighted by molar-refractivity contribution is 0.120. The van der Waals surface area contributed by atoms with E-state index < -0.39 is 0 Å². The van der Waals surface area contributed by atoms with E-state index in [1.807, 2.05) is 6.92 Å². The van der Waals surface area contributed by atoms with Crippen LogP contribution in [-0.4, -0.2) is 12.6 Å². The van der Waals surface area contributed by atoms with Crippen LogP contribution in [0.3, 0.4) is 0 Å². The summed E-state index contributed by atoms with van der Waals surface area (Å²) in [7, 11) is 0. The lowest BCUT2D eigenvalue weighted by Gasteiger charge is -2.39. The second-order valence-electron chi connectivity index (χ2n) is 7.58. The molecule has 1 aromatic rings. The zero-order valence-electron chi connectivity index (χ0n) is 13.9. The monoisotopic (exact) mass is 287 g/mol. The summed E-state index contributed by atoms with van der Waals surface area (Å²) in [5.41, 5.74) is 2.20. The summed E-state index contributed by atoms with van der Waals surface area (Å²) in [6.45, 7) is 11.1. The van der Waals surface area contributed by atoms with Crippen molar-refractivity contribution >= 4 is 0 Å². The van der Waals surface area contributed by atoms with Crippen molar-refractivity contribution in [1.82, 2.24) is 5.32 Å². The first kappa shape index (κ1) is 14.9. The van der Waals surface area contributed by atoms with E-state index in [9.17, 15) is 0 Å². The number of hydrogen-bond donors (Lipinski definition) is 1. The Morgan fingerprint density at radius 2 is 2.00 bits per heavy atom. The molecule has 0 heterocycles. The molecule has 0 aliphatic heterocycles. The van der Waals surface area contributed by atoms with Crippen molar-refractivity contribution in [2.45, 2.75) is 59.5 Å². The average molecular weight is 287 g/mol. The Morgan fingerprint density at radius 1 is 1.24 bits per heavy atom. The molecule has 116 valence electrons. The number of para-hydroxylation sites is 1. The molecule has 21 heavy (non-hydrogen) atoms. The molecule has 0 radical (unpaired) electrons. The van der Waals surface area contributed by atoms with Crippen molar-refractivity contribution < 1.29 is 4.74 Å². The third-order valence-electron chi connectivity index (χ3n) is 6.61. The highest BCUT2D eigenvalue weighted by Gasteiger charge is 2.60. The molecule has 0 aromatic heterocycles. The van der Waals surface area contributed by atoms with Crippen molar-refractivity contribution in [1.29, 1.82) is 0 Å². The molecule has 3 rings (SSSR count). The highest BCUT2D eigenvalue weighted by Crippen LogP contribution is 2.65. The van der Waals surface area contributed by atoms with Gasteiger partial charge >= 0.3 is 0 Å². The third kappa shape index (κ3) is 2.28. The molecule has 3 unspecified atom stereocenters. The highest BCUT2D eigenvalue weighted by molar-refractivity contribution is 5.33. The summed E-state index contributed by atoms with van der Waals surface area (Å²) in [4.78, 5) is 0. The average Bonchev–Trinajstić information content (AvgIpc) is 2.79. The predicted molar refractivity (Wildman–Crippen MR) is 87.5 cm³/mol. The summed E-state index contributed by atoms with van der Waals surface area (Å²) >= 11 is 0. The summed E-state index contributed by atoms with van der Waals surface area (Å²) < 4.78 is 5.74. The SMILES string of the molecule is CCOc1ccccc1CNC1CC2CCC1(C)C2(C)C. The van der Waals surface area contributed by atoms with Crippen LogP contribution in [0.15, 0.2) is 24.3 Å². The molecule has 3 atom stereocenters. The van der Waals surface area contributed by atoms with Crippen LogP contribution in [0.1, 0.15) is 52.5 Å². The number of hydrogen-bond acceptors (Lipinski definition) is 2. The standard InChI is InChI=1S/C19H29NO/c1-5-21-16-9-7-6-8-14(16)13-20-17-12-15-10-11-19(17,4)18(15,2)3/h6-9,15,17,20H,5,10-13H2,1-4H3. The zero-order valence-corrected chi connectivity index (χ0v) is 13.9. The Bertz CT molecular complexity index is 510. The van der Waals surface area contributed by atoms with Crippen LogP contribution in [0.4, 0.5) is 0 Å². The van der Waals surface area contributed by atoms with Crippen LogP contribution in [0, 0.1) is 16.7 Å². The smallest absolute Gasteiger partial charge is 0.123 e. The Balaban J connectivity index is 1.70. The topological polar surface area (TPSA) is 21.3 Å². The highest BCUT2D eigenvalue weighted by atomic mass is 16.5. The molecule has 1 N–H and O–H groups in total. The second-order valence-corrected chi connectivity index (χ2v) is 7.58. The van der Waals surface area contributed by atoms with Crippen molar-refractivity contribution in [3.05, 3.63) is 29.8 Å². The number of ether oxygens (including phenoxy) is 1. The van der Waals surface area contributed by atoms with Gasteiger partial charge in [0, 0.05) is 18.2 Å². The van der Waals surface area contributed by atoms with Gasteiger partial charge in [0.15, 0.2) is 0 Å². The first-order valence-corrected chi connectivity index (χ1v) is 8.43. The van der Waals surface area contributed by atoms with Gasteiger partial charge in [-0.15, -0.1) is 0 Å². The first-order chi connectivity index (χ1) is 9.99. The van der Waals surface area contributed by atoms with Gasteiger partial charge in [-0.25, -0.2) is 0 Å². The molecule has 0 amide bonds. The van der Waals surface area contributed by atoms with E-state index in [2.05, 4.69) is 50.4 Å². The van der Waals surface area contributed by atoms with Crippen molar-refractivity contribution in [3.63, 3.8) is 0 Å². The van der Waals surface area contributed by atoms with Crippen molar-refractivity contribution in [2.75, 3.05) is 6.61 Å². The molecule has 2 aliphatic carbocycles. The van der Waals surface area contributed by atoms with Crippen LogP contribution in [0.5, 0.6) is 5.75 Å². The van der Waals surface area contributed by atoms with E-state index >= 15 is 0 Å². The van der Waals surface area contributed by atoms with Crippen molar-refractivity contribution in [2.24, 2.45) is 16.7 Å². The Kier molecular flexibility index (Phi) is 3.77. The molecule has 2 aliphatic rings. The van der Waals surface area contributed by atoms with Gasteiger partial charge in [0.1, 0.15) is 5.75 Å². The quantitative estimate of drug-likeness (QED) is 0.867. The predicted octanol–water partition coefficient (Wildman–Crippen LogP) is 4.39. The minimum Gasteiger partial charge on any atom is -0.494 e. The van der Waals surface area contributed by atoms with Gasteiger partial charge in [-0.3, -0.25) is 0 Å². The Hall–Kier alpha value is -1.02.